The highest BCUT2D eigenvalue weighted by atomic mass is 35.5. The van der Waals surface area contributed by atoms with Gasteiger partial charge in [-0.05, 0) is 49.4 Å². The number of amides is 1. The van der Waals surface area contributed by atoms with Crippen molar-refractivity contribution in [2.75, 3.05) is 12.4 Å². The molecule has 0 unspecified atom stereocenters. The number of methoxy groups -OCH3 is 1. The van der Waals surface area contributed by atoms with Crippen LogP contribution in [0.25, 0.3) is 0 Å². The van der Waals surface area contributed by atoms with Crippen LogP contribution in [-0.4, -0.2) is 27.5 Å². The normalized spacial score (nSPS) is 12.5. The van der Waals surface area contributed by atoms with Crippen LogP contribution in [0.3, 0.4) is 0 Å². The van der Waals surface area contributed by atoms with E-state index in [2.05, 4.69) is 10.0 Å². The van der Waals surface area contributed by atoms with Crippen LogP contribution >= 0.6 is 23.2 Å². The van der Waals surface area contributed by atoms with Crippen LogP contribution in [0.5, 0.6) is 5.75 Å². The Bertz CT molecular complexity index is 850. The number of nitrogens with one attached hydrogen (secondary N) is 2. The summed E-state index contributed by atoms with van der Waals surface area (Å²) in [6, 6.07) is 9.36. The summed E-state index contributed by atoms with van der Waals surface area (Å²) in [6.07, 6.45) is 0. The third kappa shape index (κ3) is 5.34. The maximum atomic E-state index is 12.3. The summed E-state index contributed by atoms with van der Waals surface area (Å²) in [6.45, 7) is 1.43. The van der Waals surface area contributed by atoms with Gasteiger partial charge in [-0.1, -0.05) is 23.2 Å². The number of rotatable bonds is 6. The van der Waals surface area contributed by atoms with Gasteiger partial charge in [-0.2, -0.15) is 4.72 Å². The van der Waals surface area contributed by atoms with Crippen LogP contribution in [-0.2, 0) is 14.8 Å². The minimum Gasteiger partial charge on any atom is -0.497 e. The fraction of sp³-hybridized carbons (Fsp3) is 0.188. The Balaban J connectivity index is 2.08. The topological polar surface area (TPSA) is 84.5 Å². The highest BCUT2D eigenvalue weighted by Crippen LogP contribution is 2.22. The largest absolute Gasteiger partial charge is 0.497 e. The highest BCUT2D eigenvalue weighted by Gasteiger charge is 2.22. The van der Waals surface area contributed by atoms with Crippen LogP contribution in [0, 0.1) is 0 Å². The van der Waals surface area contributed by atoms with Crippen molar-refractivity contribution in [2.24, 2.45) is 0 Å². The molecular weight excluding hydrogens is 387 g/mol. The molecular formula is C16H16Cl2N2O4S. The predicted octanol–water partition coefficient (Wildman–Crippen LogP) is 3.31. The van der Waals surface area contributed by atoms with Gasteiger partial charge in [0.1, 0.15) is 5.75 Å². The fourth-order valence-corrected chi connectivity index (χ4v) is 3.71. The SMILES string of the molecule is COc1ccc(S(=O)(=O)N[C@H](C)C(=O)Nc2cc(Cl)cc(Cl)c2)cc1. The summed E-state index contributed by atoms with van der Waals surface area (Å²) in [5.74, 6) is -0.0157. The Labute approximate surface area is 156 Å². The van der Waals surface area contributed by atoms with Gasteiger partial charge in [-0.15, -0.1) is 0 Å². The van der Waals surface area contributed by atoms with Gasteiger partial charge in [0.15, 0.2) is 0 Å². The second-order valence-corrected chi connectivity index (χ2v) is 7.75. The molecule has 0 aliphatic rings. The molecule has 0 radical (unpaired) electrons. The standard InChI is InChI=1S/C16H16Cl2N2O4S/c1-10(16(21)19-13-8-11(17)7-12(18)9-13)20-25(22,23)15-5-3-14(24-2)4-6-15/h3-10,20H,1-2H3,(H,19,21)/t10-/m1/s1. The van der Waals surface area contributed by atoms with Gasteiger partial charge in [-0.25, -0.2) is 8.42 Å². The Kier molecular flexibility index (Phi) is 6.29. The van der Waals surface area contributed by atoms with Crippen molar-refractivity contribution in [1.82, 2.24) is 4.72 Å². The molecule has 2 N–H and O–H groups in total. The predicted molar refractivity (Wildman–Crippen MR) is 97.9 cm³/mol. The van der Waals surface area contributed by atoms with E-state index in [1.807, 2.05) is 0 Å². The van der Waals surface area contributed by atoms with E-state index in [0.29, 0.717) is 21.5 Å². The van der Waals surface area contributed by atoms with Gasteiger partial charge in [0, 0.05) is 15.7 Å². The number of hydrogen-bond donors (Lipinski definition) is 2. The van der Waals surface area contributed by atoms with Gasteiger partial charge in [0.05, 0.1) is 18.0 Å². The summed E-state index contributed by atoms with van der Waals surface area (Å²) in [4.78, 5) is 12.2. The van der Waals surface area contributed by atoms with Crippen LogP contribution < -0.4 is 14.8 Å². The minimum atomic E-state index is -3.86. The Hall–Kier alpha value is -1.80. The molecule has 0 saturated carbocycles. The van der Waals surface area contributed by atoms with Crippen molar-refractivity contribution < 1.29 is 17.9 Å². The summed E-state index contributed by atoms with van der Waals surface area (Å²) in [7, 11) is -2.37. The molecule has 9 heteroatoms. The molecule has 1 amide bonds. The average Bonchev–Trinajstić information content (AvgIpc) is 2.53. The molecule has 6 nitrogen and oxygen atoms in total. The lowest BCUT2D eigenvalue weighted by Crippen LogP contribution is -2.41. The van der Waals surface area contributed by atoms with E-state index in [-0.39, 0.29) is 4.90 Å². The average molecular weight is 403 g/mol. The molecule has 134 valence electrons. The van der Waals surface area contributed by atoms with Gasteiger partial charge < -0.3 is 10.1 Å². The molecule has 2 rings (SSSR count). The monoisotopic (exact) mass is 402 g/mol. The first-order chi connectivity index (χ1) is 11.7. The third-order valence-electron chi connectivity index (χ3n) is 3.23. The van der Waals surface area contributed by atoms with Crippen molar-refractivity contribution in [2.45, 2.75) is 17.9 Å². The fourth-order valence-electron chi connectivity index (χ4n) is 1.99. The first kappa shape index (κ1) is 19.5. The molecule has 0 aliphatic carbocycles. The third-order valence-corrected chi connectivity index (χ3v) is 5.22. The maximum absolute atomic E-state index is 12.3. The van der Waals surface area contributed by atoms with Crippen molar-refractivity contribution in [3.05, 3.63) is 52.5 Å². The lowest BCUT2D eigenvalue weighted by Gasteiger charge is -2.15. The second kappa shape index (κ2) is 8.05. The molecule has 0 heterocycles. The molecule has 2 aromatic carbocycles. The number of halogens is 2. The number of carbonyl (C=O) groups is 1. The van der Waals surface area contributed by atoms with E-state index in [4.69, 9.17) is 27.9 Å². The van der Waals surface area contributed by atoms with Crippen LogP contribution in [0.2, 0.25) is 10.0 Å². The first-order valence-electron chi connectivity index (χ1n) is 7.14. The number of ether oxygens (including phenoxy) is 1. The molecule has 25 heavy (non-hydrogen) atoms. The lowest BCUT2D eigenvalue weighted by molar-refractivity contribution is -0.117. The van der Waals surface area contributed by atoms with Crippen molar-refractivity contribution >= 4 is 44.8 Å². The van der Waals surface area contributed by atoms with E-state index in [1.165, 1.54) is 56.5 Å². The van der Waals surface area contributed by atoms with Gasteiger partial charge in [0.2, 0.25) is 15.9 Å². The van der Waals surface area contributed by atoms with Crippen molar-refractivity contribution in [3.8, 4) is 5.75 Å². The molecule has 0 spiro atoms. The quantitative estimate of drug-likeness (QED) is 0.775. The number of benzene rings is 2. The zero-order chi connectivity index (χ0) is 18.6. The number of sulfonamides is 1. The summed E-state index contributed by atoms with van der Waals surface area (Å²) >= 11 is 11.7. The van der Waals surface area contributed by atoms with E-state index >= 15 is 0 Å². The Morgan fingerprint density at radius 1 is 1.08 bits per heavy atom. The molecule has 0 bridgehead atoms. The van der Waals surface area contributed by atoms with Gasteiger partial charge >= 0.3 is 0 Å². The van der Waals surface area contributed by atoms with Gasteiger partial charge in [-0.3, -0.25) is 4.79 Å². The first-order valence-corrected chi connectivity index (χ1v) is 9.38. The molecule has 0 aliphatic heterocycles. The van der Waals surface area contributed by atoms with Crippen molar-refractivity contribution in [3.63, 3.8) is 0 Å². The zero-order valence-electron chi connectivity index (χ0n) is 13.4. The number of carbonyl (C=O) groups excluding carboxylic acids is 1. The Morgan fingerprint density at radius 2 is 1.64 bits per heavy atom. The van der Waals surface area contributed by atoms with Crippen LogP contribution in [0.15, 0.2) is 47.4 Å². The molecule has 1 atom stereocenters. The minimum absolute atomic E-state index is 0.0266. The maximum Gasteiger partial charge on any atom is 0.242 e. The molecule has 0 saturated heterocycles. The summed E-state index contributed by atoms with van der Waals surface area (Å²) < 4.78 is 32.0. The summed E-state index contributed by atoms with van der Waals surface area (Å²) in [5.41, 5.74) is 0.373. The van der Waals surface area contributed by atoms with E-state index in [0.717, 1.165) is 0 Å². The molecule has 0 aromatic heterocycles. The number of anilines is 1. The Morgan fingerprint density at radius 3 is 2.16 bits per heavy atom. The molecule has 2 aromatic rings. The van der Waals surface area contributed by atoms with E-state index in [1.54, 1.807) is 0 Å². The second-order valence-electron chi connectivity index (χ2n) is 5.17. The zero-order valence-corrected chi connectivity index (χ0v) is 15.7. The smallest absolute Gasteiger partial charge is 0.242 e. The highest BCUT2D eigenvalue weighted by molar-refractivity contribution is 7.89. The van der Waals surface area contributed by atoms with E-state index < -0.39 is 22.0 Å². The molecule has 0 fully saturated rings. The lowest BCUT2D eigenvalue weighted by atomic mass is 10.3. The van der Waals surface area contributed by atoms with E-state index in [9.17, 15) is 13.2 Å². The van der Waals surface area contributed by atoms with Crippen LogP contribution in [0.1, 0.15) is 6.92 Å². The van der Waals surface area contributed by atoms with Crippen molar-refractivity contribution in [1.29, 1.82) is 0 Å². The van der Waals surface area contributed by atoms with Gasteiger partial charge in [0.25, 0.3) is 0 Å². The number of hydrogen-bond acceptors (Lipinski definition) is 4. The van der Waals surface area contributed by atoms with Crippen LogP contribution in [0.4, 0.5) is 5.69 Å². The summed E-state index contributed by atoms with van der Waals surface area (Å²) in [5, 5.41) is 3.27.